The van der Waals surface area contributed by atoms with Crippen LogP contribution in [0.3, 0.4) is 0 Å². The van der Waals surface area contributed by atoms with Crippen LogP contribution in [0.15, 0.2) is 0 Å². The predicted molar refractivity (Wildman–Crippen MR) is 71.9 cm³/mol. The van der Waals surface area contributed by atoms with Crippen LogP contribution in [0.25, 0.3) is 0 Å². The Bertz CT molecular complexity index is 247. The molecule has 3 nitrogen and oxygen atoms in total. The molecule has 0 bridgehead atoms. The van der Waals surface area contributed by atoms with E-state index in [2.05, 4.69) is 26.1 Å². The van der Waals surface area contributed by atoms with Gasteiger partial charge in [0, 0.05) is 20.1 Å². The van der Waals surface area contributed by atoms with Gasteiger partial charge >= 0.3 is 0 Å². The highest BCUT2D eigenvalue weighted by Gasteiger charge is 2.33. The molecule has 0 spiro atoms. The van der Waals surface area contributed by atoms with E-state index in [0.29, 0.717) is 12.0 Å². The van der Waals surface area contributed by atoms with Crippen LogP contribution in [0, 0.1) is 11.8 Å². The average Bonchev–Trinajstić information content (AvgIpc) is 3.06. The molecule has 100 valence electrons. The first kappa shape index (κ1) is 14.5. The summed E-state index contributed by atoms with van der Waals surface area (Å²) in [5.74, 6) is 1.58. The Labute approximate surface area is 106 Å². The van der Waals surface area contributed by atoms with Crippen molar-refractivity contribution in [3.8, 4) is 0 Å². The molecule has 0 heterocycles. The van der Waals surface area contributed by atoms with Crippen LogP contribution in [0.1, 0.15) is 46.5 Å². The molecule has 1 rings (SSSR count). The van der Waals surface area contributed by atoms with Gasteiger partial charge in [0.1, 0.15) is 0 Å². The topological polar surface area (TPSA) is 32.3 Å². The first-order chi connectivity index (χ1) is 7.95. The number of carbonyl (C=O) groups excluding carboxylic acids is 1. The van der Waals surface area contributed by atoms with Crippen molar-refractivity contribution in [2.75, 3.05) is 14.1 Å². The summed E-state index contributed by atoms with van der Waals surface area (Å²) in [6.45, 7) is 6.56. The van der Waals surface area contributed by atoms with Gasteiger partial charge in [-0.15, -0.1) is 0 Å². The van der Waals surface area contributed by atoms with Crippen LogP contribution >= 0.6 is 0 Å². The number of nitrogens with one attached hydrogen (secondary N) is 1. The minimum Gasteiger partial charge on any atom is -0.347 e. The van der Waals surface area contributed by atoms with Gasteiger partial charge in [-0.25, -0.2) is 0 Å². The fourth-order valence-corrected chi connectivity index (χ4v) is 2.37. The Morgan fingerprint density at radius 3 is 2.29 bits per heavy atom. The highest BCUT2D eigenvalue weighted by Crippen LogP contribution is 2.34. The number of rotatable bonds is 7. The minimum absolute atomic E-state index is 0.00412. The van der Waals surface area contributed by atoms with E-state index in [4.69, 9.17) is 0 Å². The largest absolute Gasteiger partial charge is 0.347 e. The van der Waals surface area contributed by atoms with Crippen molar-refractivity contribution in [2.45, 2.75) is 58.5 Å². The van der Waals surface area contributed by atoms with Crippen molar-refractivity contribution in [3.63, 3.8) is 0 Å². The van der Waals surface area contributed by atoms with E-state index >= 15 is 0 Å². The van der Waals surface area contributed by atoms with Crippen LogP contribution in [0.4, 0.5) is 0 Å². The number of hydrogen-bond acceptors (Lipinski definition) is 2. The van der Waals surface area contributed by atoms with Crippen LogP contribution < -0.4 is 5.32 Å². The van der Waals surface area contributed by atoms with Crippen molar-refractivity contribution in [1.82, 2.24) is 10.2 Å². The predicted octanol–water partition coefficient (Wildman–Crippen LogP) is 2.27. The summed E-state index contributed by atoms with van der Waals surface area (Å²) in [5, 5.41) is 3.59. The zero-order chi connectivity index (χ0) is 13.0. The van der Waals surface area contributed by atoms with Gasteiger partial charge in [0.2, 0.25) is 5.91 Å². The number of amides is 1. The molecule has 0 saturated heterocycles. The molecule has 0 aromatic carbocycles. The zero-order valence-corrected chi connectivity index (χ0v) is 12.0. The molecule has 0 aromatic rings. The van der Waals surface area contributed by atoms with Gasteiger partial charge in [0.15, 0.2) is 0 Å². The Hall–Kier alpha value is -0.570. The number of nitrogens with zero attached hydrogens (tertiary/aromatic N) is 1. The second kappa shape index (κ2) is 6.39. The average molecular weight is 240 g/mol. The SMILES string of the molecule is CCC(NC(CC(C)C)C(=O)N(C)C)C1CC1. The van der Waals surface area contributed by atoms with Gasteiger partial charge in [-0.2, -0.15) is 0 Å². The van der Waals surface area contributed by atoms with E-state index in [9.17, 15) is 4.79 Å². The third kappa shape index (κ3) is 4.66. The maximum Gasteiger partial charge on any atom is 0.239 e. The summed E-state index contributed by atoms with van der Waals surface area (Å²) in [7, 11) is 3.69. The maximum atomic E-state index is 12.1. The molecule has 1 N–H and O–H groups in total. The zero-order valence-electron chi connectivity index (χ0n) is 12.0. The van der Waals surface area contributed by atoms with E-state index in [1.54, 1.807) is 4.90 Å². The Morgan fingerprint density at radius 1 is 1.35 bits per heavy atom. The molecule has 2 unspecified atom stereocenters. The van der Waals surface area contributed by atoms with Crippen molar-refractivity contribution in [1.29, 1.82) is 0 Å². The lowest BCUT2D eigenvalue weighted by Crippen LogP contribution is -2.49. The molecule has 1 saturated carbocycles. The molecular weight excluding hydrogens is 212 g/mol. The lowest BCUT2D eigenvalue weighted by molar-refractivity contribution is -0.131. The third-order valence-corrected chi connectivity index (χ3v) is 3.49. The van der Waals surface area contributed by atoms with Crippen LogP contribution in [-0.2, 0) is 4.79 Å². The molecule has 0 aliphatic heterocycles. The molecule has 1 aliphatic carbocycles. The lowest BCUT2D eigenvalue weighted by Gasteiger charge is -2.27. The standard InChI is InChI=1S/C14H28N2O/c1-6-12(11-7-8-11)15-13(9-10(2)3)14(17)16(4)5/h10-13,15H,6-9H2,1-5H3. The quantitative estimate of drug-likeness (QED) is 0.740. The van der Waals surface area contributed by atoms with E-state index in [-0.39, 0.29) is 11.9 Å². The van der Waals surface area contributed by atoms with Gasteiger partial charge in [0.25, 0.3) is 0 Å². The Morgan fingerprint density at radius 2 is 1.94 bits per heavy atom. The van der Waals surface area contributed by atoms with Crippen molar-refractivity contribution in [3.05, 3.63) is 0 Å². The molecule has 0 radical (unpaired) electrons. The first-order valence-corrected chi connectivity index (χ1v) is 6.92. The first-order valence-electron chi connectivity index (χ1n) is 6.92. The fourth-order valence-electron chi connectivity index (χ4n) is 2.37. The number of carbonyl (C=O) groups is 1. The molecule has 3 heteroatoms. The van der Waals surface area contributed by atoms with E-state index < -0.39 is 0 Å². The fraction of sp³-hybridized carbons (Fsp3) is 0.929. The molecule has 0 aromatic heterocycles. The second-order valence-electron chi connectivity index (χ2n) is 5.93. The minimum atomic E-state index is -0.00412. The van der Waals surface area contributed by atoms with E-state index in [1.807, 2.05) is 14.1 Å². The summed E-state index contributed by atoms with van der Waals surface area (Å²) in [6, 6.07) is 0.526. The van der Waals surface area contributed by atoms with Gasteiger partial charge in [-0.1, -0.05) is 20.8 Å². The molecule has 1 amide bonds. The molecule has 1 fully saturated rings. The molecule has 2 atom stereocenters. The summed E-state index contributed by atoms with van der Waals surface area (Å²) in [5.41, 5.74) is 0. The molecule has 1 aliphatic rings. The second-order valence-corrected chi connectivity index (χ2v) is 5.93. The highest BCUT2D eigenvalue weighted by molar-refractivity contribution is 5.81. The van der Waals surface area contributed by atoms with E-state index in [1.165, 1.54) is 12.8 Å². The summed E-state index contributed by atoms with van der Waals surface area (Å²) in [6.07, 6.45) is 4.71. The lowest BCUT2D eigenvalue weighted by atomic mass is 10.00. The number of likely N-dealkylation sites (N-methyl/N-ethyl adjacent to an activating group) is 1. The van der Waals surface area contributed by atoms with Crippen molar-refractivity contribution in [2.24, 2.45) is 11.8 Å². The monoisotopic (exact) mass is 240 g/mol. The molecule has 17 heavy (non-hydrogen) atoms. The Balaban J connectivity index is 2.58. The Kier molecular flexibility index (Phi) is 5.44. The normalized spacial score (nSPS) is 19.2. The van der Waals surface area contributed by atoms with Gasteiger partial charge in [0.05, 0.1) is 6.04 Å². The third-order valence-electron chi connectivity index (χ3n) is 3.49. The summed E-state index contributed by atoms with van der Waals surface area (Å²) in [4.78, 5) is 13.8. The summed E-state index contributed by atoms with van der Waals surface area (Å²) < 4.78 is 0. The van der Waals surface area contributed by atoms with Gasteiger partial charge < -0.3 is 10.2 Å². The van der Waals surface area contributed by atoms with Crippen LogP contribution in [0.5, 0.6) is 0 Å². The van der Waals surface area contributed by atoms with Crippen LogP contribution in [0.2, 0.25) is 0 Å². The smallest absolute Gasteiger partial charge is 0.239 e. The highest BCUT2D eigenvalue weighted by atomic mass is 16.2. The van der Waals surface area contributed by atoms with Crippen molar-refractivity contribution >= 4 is 5.91 Å². The van der Waals surface area contributed by atoms with Crippen LogP contribution in [-0.4, -0.2) is 37.0 Å². The van der Waals surface area contributed by atoms with Crippen molar-refractivity contribution < 1.29 is 4.79 Å². The maximum absolute atomic E-state index is 12.1. The molecular formula is C14H28N2O. The van der Waals surface area contributed by atoms with E-state index in [0.717, 1.165) is 18.8 Å². The van der Waals surface area contributed by atoms with Gasteiger partial charge in [-0.05, 0) is 37.5 Å². The summed E-state index contributed by atoms with van der Waals surface area (Å²) >= 11 is 0. The van der Waals surface area contributed by atoms with Gasteiger partial charge in [-0.3, -0.25) is 4.79 Å². The number of hydrogen-bond donors (Lipinski definition) is 1.